The summed E-state index contributed by atoms with van der Waals surface area (Å²) in [6.45, 7) is 5.46. The van der Waals surface area contributed by atoms with Crippen LogP contribution in [0.25, 0.3) is 0 Å². The molecule has 0 aromatic rings. The van der Waals surface area contributed by atoms with Crippen LogP contribution in [0.2, 0.25) is 0 Å². The minimum absolute atomic E-state index is 0.00396. The van der Waals surface area contributed by atoms with E-state index in [9.17, 15) is 9.59 Å². The molecule has 0 spiro atoms. The number of hydrogen-bond donors (Lipinski definition) is 1. The lowest BCUT2D eigenvalue weighted by molar-refractivity contribution is -0.152. The van der Waals surface area contributed by atoms with Crippen molar-refractivity contribution in [2.75, 3.05) is 13.6 Å². The Hall–Kier alpha value is -1.06. The van der Waals surface area contributed by atoms with Crippen LogP contribution in [-0.4, -0.2) is 36.3 Å². The largest absolute Gasteiger partial charge is 0.357 e. The van der Waals surface area contributed by atoms with E-state index >= 15 is 0 Å². The molecule has 3 aliphatic rings. The maximum absolute atomic E-state index is 12.8. The van der Waals surface area contributed by atoms with Gasteiger partial charge in [-0.05, 0) is 68.6 Å². The van der Waals surface area contributed by atoms with Crippen LogP contribution in [0.15, 0.2) is 0 Å². The molecule has 2 amide bonds. The van der Waals surface area contributed by atoms with Gasteiger partial charge in [0, 0.05) is 19.5 Å². The second-order valence-electron chi connectivity index (χ2n) is 8.30. The van der Waals surface area contributed by atoms with Gasteiger partial charge in [-0.3, -0.25) is 9.59 Å². The van der Waals surface area contributed by atoms with Gasteiger partial charge in [0.15, 0.2) is 0 Å². The summed E-state index contributed by atoms with van der Waals surface area (Å²) >= 11 is 0. The highest BCUT2D eigenvalue weighted by Crippen LogP contribution is 2.47. The molecule has 2 aliphatic carbocycles. The number of rotatable bonds is 3. The number of hydrogen-bond acceptors (Lipinski definition) is 2. The van der Waals surface area contributed by atoms with Crippen molar-refractivity contribution >= 4 is 11.8 Å². The standard InChI is InChI=1S/C19H32N2O2/c1-12(2)13-4-5-15-11-16(7-6-14(15)10-13)19(23)21-9-8-17(21)18(22)20-3/h12-17H,4-11H2,1-3H3,(H,20,22)/t13?,14?,15?,16?,17-/m0/s1. The van der Waals surface area contributed by atoms with Crippen LogP contribution in [0.3, 0.4) is 0 Å². The number of fused-ring (bicyclic) bond motifs is 1. The third-order valence-electron chi connectivity index (χ3n) is 6.80. The average molecular weight is 320 g/mol. The lowest BCUT2D eigenvalue weighted by atomic mass is 9.63. The van der Waals surface area contributed by atoms with Gasteiger partial charge >= 0.3 is 0 Å². The summed E-state index contributed by atoms with van der Waals surface area (Å²) in [7, 11) is 1.65. The number of nitrogens with zero attached hydrogens (tertiary/aromatic N) is 1. The molecule has 2 saturated carbocycles. The number of nitrogens with one attached hydrogen (secondary N) is 1. The van der Waals surface area contributed by atoms with Gasteiger partial charge in [-0.2, -0.15) is 0 Å². The zero-order chi connectivity index (χ0) is 16.6. The first-order chi connectivity index (χ1) is 11.0. The monoisotopic (exact) mass is 320 g/mol. The summed E-state index contributed by atoms with van der Waals surface area (Å²) in [6, 6.07) is -0.207. The van der Waals surface area contributed by atoms with E-state index in [1.807, 2.05) is 4.90 Å². The maximum Gasteiger partial charge on any atom is 0.242 e. The van der Waals surface area contributed by atoms with Crippen LogP contribution in [0.1, 0.15) is 58.8 Å². The Balaban J connectivity index is 1.56. The van der Waals surface area contributed by atoms with E-state index in [4.69, 9.17) is 0 Å². The lowest BCUT2D eigenvalue weighted by Crippen LogP contribution is -2.59. The maximum atomic E-state index is 12.8. The molecule has 23 heavy (non-hydrogen) atoms. The first kappa shape index (κ1) is 16.8. The minimum Gasteiger partial charge on any atom is -0.357 e. The van der Waals surface area contributed by atoms with Crippen molar-refractivity contribution in [3.63, 3.8) is 0 Å². The van der Waals surface area contributed by atoms with Crippen molar-refractivity contribution in [3.8, 4) is 0 Å². The van der Waals surface area contributed by atoms with Crippen LogP contribution < -0.4 is 5.32 Å². The molecule has 1 aliphatic heterocycles. The summed E-state index contributed by atoms with van der Waals surface area (Å²) < 4.78 is 0. The second kappa shape index (κ2) is 6.82. The third kappa shape index (κ3) is 3.27. The first-order valence-electron chi connectivity index (χ1n) is 9.53. The molecule has 1 N–H and O–H groups in total. The predicted octanol–water partition coefficient (Wildman–Crippen LogP) is 2.82. The van der Waals surface area contributed by atoms with Crippen molar-refractivity contribution in [1.29, 1.82) is 0 Å². The fraction of sp³-hybridized carbons (Fsp3) is 0.895. The number of carbonyl (C=O) groups excluding carboxylic acids is 2. The summed E-state index contributed by atoms with van der Waals surface area (Å²) in [5, 5.41) is 2.68. The highest BCUT2D eigenvalue weighted by molar-refractivity contribution is 5.90. The van der Waals surface area contributed by atoms with Gasteiger partial charge < -0.3 is 10.2 Å². The Morgan fingerprint density at radius 3 is 2.30 bits per heavy atom. The molecule has 4 unspecified atom stereocenters. The van der Waals surface area contributed by atoms with Crippen LogP contribution in [0.5, 0.6) is 0 Å². The first-order valence-corrected chi connectivity index (χ1v) is 9.53. The molecule has 1 heterocycles. The van der Waals surface area contributed by atoms with E-state index < -0.39 is 0 Å². The van der Waals surface area contributed by atoms with Gasteiger partial charge in [0.05, 0.1) is 0 Å². The Labute approximate surface area is 140 Å². The van der Waals surface area contributed by atoms with Gasteiger partial charge in [-0.15, -0.1) is 0 Å². The molecule has 4 heteroatoms. The Kier molecular flexibility index (Phi) is 4.98. The molecule has 4 nitrogen and oxygen atoms in total. The van der Waals surface area contributed by atoms with Crippen LogP contribution >= 0.6 is 0 Å². The Bertz CT molecular complexity index is 462. The van der Waals surface area contributed by atoms with Gasteiger partial charge in [0.1, 0.15) is 6.04 Å². The molecule has 5 atom stereocenters. The van der Waals surface area contributed by atoms with Crippen LogP contribution in [-0.2, 0) is 9.59 Å². The van der Waals surface area contributed by atoms with Crippen LogP contribution in [0, 0.1) is 29.6 Å². The van der Waals surface area contributed by atoms with E-state index in [1.165, 1.54) is 25.7 Å². The van der Waals surface area contributed by atoms with E-state index in [1.54, 1.807) is 7.05 Å². The molecule has 0 aromatic heterocycles. The molecular formula is C19H32N2O2. The smallest absolute Gasteiger partial charge is 0.242 e. The second-order valence-corrected chi connectivity index (χ2v) is 8.30. The average Bonchev–Trinajstić information content (AvgIpc) is 2.52. The number of amides is 2. The molecule has 130 valence electrons. The topological polar surface area (TPSA) is 49.4 Å². The van der Waals surface area contributed by atoms with Crippen molar-refractivity contribution in [1.82, 2.24) is 10.2 Å². The Morgan fingerprint density at radius 1 is 1.00 bits per heavy atom. The zero-order valence-electron chi connectivity index (χ0n) is 14.9. The summed E-state index contributed by atoms with van der Waals surface area (Å²) in [4.78, 5) is 26.4. The van der Waals surface area contributed by atoms with E-state index in [2.05, 4.69) is 19.2 Å². The quantitative estimate of drug-likeness (QED) is 0.869. The molecule has 1 saturated heterocycles. The number of likely N-dealkylation sites (N-methyl/N-ethyl adjacent to an activating group) is 1. The molecule has 3 rings (SSSR count). The van der Waals surface area contributed by atoms with Crippen molar-refractivity contribution < 1.29 is 9.59 Å². The normalized spacial score (nSPS) is 37.0. The third-order valence-corrected chi connectivity index (χ3v) is 6.80. The number of likely N-dealkylation sites (tertiary alicyclic amines) is 1. The van der Waals surface area contributed by atoms with Crippen molar-refractivity contribution in [2.24, 2.45) is 29.6 Å². The zero-order valence-corrected chi connectivity index (χ0v) is 14.9. The summed E-state index contributed by atoms with van der Waals surface area (Å²) in [5.41, 5.74) is 0. The molecule has 0 radical (unpaired) electrons. The van der Waals surface area contributed by atoms with E-state index in [0.717, 1.165) is 49.5 Å². The van der Waals surface area contributed by atoms with Crippen molar-refractivity contribution in [2.45, 2.75) is 64.8 Å². The van der Waals surface area contributed by atoms with Crippen molar-refractivity contribution in [3.05, 3.63) is 0 Å². The van der Waals surface area contributed by atoms with Crippen LogP contribution in [0.4, 0.5) is 0 Å². The fourth-order valence-electron chi connectivity index (χ4n) is 5.08. The SMILES string of the molecule is CNC(=O)[C@@H]1CCN1C(=O)C1CCC2CC(C(C)C)CCC2C1. The van der Waals surface area contributed by atoms with E-state index in [0.29, 0.717) is 0 Å². The van der Waals surface area contributed by atoms with Gasteiger partial charge in [-0.1, -0.05) is 13.8 Å². The predicted molar refractivity (Wildman–Crippen MR) is 90.7 cm³/mol. The number of carbonyl (C=O) groups is 2. The van der Waals surface area contributed by atoms with Gasteiger partial charge in [0.2, 0.25) is 11.8 Å². The molecule has 0 bridgehead atoms. The van der Waals surface area contributed by atoms with E-state index in [-0.39, 0.29) is 23.8 Å². The van der Waals surface area contributed by atoms with Gasteiger partial charge in [-0.25, -0.2) is 0 Å². The highest BCUT2D eigenvalue weighted by atomic mass is 16.2. The fourth-order valence-corrected chi connectivity index (χ4v) is 5.08. The summed E-state index contributed by atoms with van der Waals surface area (Å²) in [5.74, 6) is 3.67. The van der Waals surface area contributed by atoms with Gasteiger partial charge in [0.25, 0.3) is 0 Å². The molecular weight excluding hydrogens is 288 g/mol. The summed E-state index contributed by atoms with van der Waals surface area (Å²) in [6.07, 6.45) is 8.13. The minimum atomic E-state index is -0.207. The highest BCUT2D eigenvalue weighted by Gasteiger charge is 2.43. The Morgan fingerprint density at radius 2 is 1.70 bits per heavy atom. The lowest BCUT2D eigenvalue weighted by Gasteiger charge is -2.46. The molecule has 3 fully saturated rings. The molecule has 0 aromatic carbocycles.